The van der Waals surface area contributed by atoms with Gasteiger partial charge in [-0.05, 0) is 25.2 Å². The number of carbonyl (C=O) groups excluding carboxylic acids is 1. The molecule has 0 amide bonds. The van der Waals surface area contributed by atoms with Crippen LogP contribution in [-0.2, 0) is 9.53 Å². The molecule has 13 heavy (non-hydrogen) atoms. The van der Waals surface area contributed by atoms with Gasteiger partial charge in [0.05, 0.1) is 0 Å². The summed E-state index contributed by atoms with van der Waals surface area (Å²) in [5.74, 6) is 0.492. The molecule has 1 fully saturated rings. The maximum Gasteiger partial charge on any atom is 0.126 e. The predicted octanol–water partition coefficient (Wildman–Crippen LogP) is 2.42. The zero-order valence-electron chi connectivity index (χ0n) is 8.71. The van der Waals surface area contributed by atoms with Crippen LogP contribution in [0.15, 0.2) is 0 Å². The van der Waals surface area contributed by atoms with Gasteiger partial charge in [0.2, 0.25) is 0 Å². The SMILES string of the molecule is CCC(C)C1(C=O)CCCOCC1. The first kappa shape index (κ1) is 10.7. The van der Waals surface area contributed by atoms with Crippen LogP contribution in [0.25, 0.3) is 0 Å². The Morgan fingerprint density at radius 2 is 2.23 bits per heavy atom. The van der Waals surface area contributed by atoms with Crippen LogP contribution in [0, 0.1) is 11.3 Å². The third-order valence-electron chi connectivity index (χ3n) is 3.47. The Morgan fingerprint density at radius 1 is 1.46 bits per heavy atom. The first-order valence-electron chi connectivity index (χ1n) is 5.29. The van der Waals surface area contributed by atoms with E-state index >= 15 is 0 Å². The van der Waals surface area contributed by atoms with Crippen LogP contribution in [0.1, 0.15) is 39.5 Å². The largest absolute Gasteiger partial charge is 0.381 e. The number of hydrogen-bond donors (Lipinski definition) is 0. The summed E-state index contributed by atoms with van der Waals surface area (Å²) in [6, 6.07) is 0. The van der Waals surface area contributed by atoms with Crippen LogP contribution in [0.5, 0.6) is 0 Å². The van der Waals surface area contributed by atoms with Gasteiger partial charge in [0, 0.05) is 18.6 Å². The Bertz CT molecular complexity index is 157. The van der Waals surface area contributed by atoms with Crippen LogP contribution in [0.4, 0.5) is 0 Å². The van der Waals surface area contributed by atoms with Crippen molar-refractivity contribution in [3.63, 3.8) is 0 Å². The maximum atomic E-state index is 11.2. The maximum absolute atomic E-state index is 11.2. The van der Waals surface area contributed by atoms with Gasteiger partial charge >= 0.3 is 0 Å². The van der Waals surface area contributed by atoms with E-state index in [2.05, 4.69) is 13.8 Å². The van der Waals surface area contributed by atoms with Gasteiger partial charge < -0.3 is 9.53 Å². The monoisotopic (exact) mass is 184 g/mol. The van der Waals surface area contributed by atoms with E-state index in [1.807, 2.05) is 0 Å². The molecule has 0 bridgehead atoms. The summed E-state index contributed by atoms with van der Waals surface area (Å²) in [5, 5.41) is 0. The van der Waals surface area contributed by atoms with Gasteiger partial charge in [-0.25, -0.2) is 0 Å². The number of hydrogen-bond acceptors (Lipinski definition) is 2. The highest BCUT2D eigenvalue weighted by atomic mass is 16.5. The molecule has 1 rings (SSSR count). The molecule has 0 saturated carbocycles. The topological polar surface area (TPSA) is 26.3 Å². The van der Waals surface area contributed by atoms with Crippen LogP contribution < -0.4 is 0 Å². The summed E-state index contributed by atoms with van der Waals surface area (Å²) in [6.07, 6.45) is 5.20. The van der Waals surface area contributed by atoms with Crippen molar-refractivity contribution in [2.24, 2.45) is 11.3 Å². The Balaban J connectivity index is 2.69. The van der Waals surface area contributed by atoms with E-state index in [9.17, 15) is 4.79 Å². The summed E-state index contributed by atoms with van der Waals surface area (Å²) in [6.45, 7) is 5.91. The first-order valence-corrected chi connectivity index (χ1v) is 5.29. The summed E-state index contributed by atoms with van der Waals surface area (Å²) >= 11 is 0. The summed E-state index contributed by atoms with van der Waals surface area (Å²) in [5.41, 5.74) is -0.0920. The van der Waals surface area contributed by atoms with Crippen molar-refractivity contribution in [3.8, 4) is 0 Å². The quantitative estimate of drug-likeness (QED) is 0.630. The van der Waals surface area contributed by atoms with E-state index in [1.54, 1.807) is 0 Å². The van der Waals surface area contributed by atoms with Crippen molar-refractivity contribution in [2.75, 3.05) is 13.2 Å². The molecule has 2 unspecified atom stereocenters. The van der Waals surface area contributed by atoms with Crippen molar-refractivity contribution in [3.05, 3.63) is 0 Å². The highest BCUT2D eigenvalue weighted by Gasteiger charge is 2.35. The van der Waals surface area contributed by atoms with E-state index in [0.29, 0.717) is 5.92 Å². The number of rotatable bonds is 3. The summed E-state index contributed by atoms with van der Waals surface area (Å²) in [4.78, 5) is 11.2. The average molecular weight is 184 g/mol. The molecule has 2 heteroatoms. The van der Waals surface area contributed by atoms with E-state index in [0.717, 1.165) is 38.9 Å². The van der Waals surface area contributed by atoms with E-state index in [4.69, 9.17) is 4.74 Å². The highest BCUT2D eigenvalue weighted by Crippen LogP contribution is 2.37. The van der Waals surface area contributed by atoms with E-state index in [1.165, 1.54) is 6.29 Å². The van der Waals surface area contributed by atoms with Gasteiger partial charge in [0.1, 0.15) is 6.29 Å². The molecular weight excluding hydrogens is 164 g/mol. The summed E-state index contributed by atoms with van der Waals surface area (Å²) < 4.78 is 5.39. The van der Waals surface area contributed by atoms with Gasteiger partial charge in [-0.15, -0.1) is 0 Å². The fourth-order valence-corrected chi connectivity index (χ4v) is 2.13. The Morgan fingerprint density at radius 3 is 2.85 bits per heavy atom. The fourth-order valence-electron chi connectivity index (χ4n) is 2.13. The lowest BCUT2D eigenvalue weighted by Crippen LogP contribution is -2.30. The molecule has 2 nitrogen and oxygen atoms in total. The third kappa shape index (κ3) is 2.31. The third-order valence-corrected chi connectivity index (χ3v) is 3.47. The van der Waals surface area contributed by atoms with E-state index in [-0.39, 0.29) is 5.41 Å². The van der Waals surface area contributed by atoms with Crippen molar-refractivity contribution in [1.82, 2.24) is 0 Å². The molecule has 2 atom stereocenters. The molecule has 1 saturated heterocycles. The lowest BCUT2D eigenvalue weighted by Gasteiger charge is -2.32. The van der Waals surface area contributed by atoms with Crippen LogP contribution in [0.3, 0.4) is 0 Å². The molecule has 0 N–H and O–H groups in total. The standard InChI is InChI=1S/C11H20O2/c1-3-10(2)11(9-12)5-4-7-13-8-6-11/h9-10H,3-8H2,1-2H3. The van der Waals surface area contributed by atoms with Crippen molar-refractivity contribution in [2.45, 2.75) is 39.5 Å². The lowest BCUT2D eigenvalue weighted by molar-refractivity contribution is -0.119. The molecule has 1 aliphatic heterocycles. The Labute approximate surface area is 80.7 Å². The van der Waals surface area contributed by atoms with Crippen LogP contribution >= 0.6 is 0 Å². The average Bonchev–Trinajstić information content (AvgIpc) is 2.42. The molecular formula is C11H20O2. The van der Waals surface area contributed by atoms with Gasteiger partial charge in [-0.2, -0.15) is 0 Å². The normalized spacial score (nSPS) is 32.2. The molecule has 0 radical (unpaired) electrons. The molecule has 0 aromatic heterocycles. The van der Waals surface area contributed by atoms with Gasteiger partial charge in [-0.3, -0.25) is 0 Å². The number of aldehydes is 1. The Hall–Kier alpha value is -0.370. The van der Waals surface area contributed by atoms with Crippen LogP contribution in [0.2, 0.25) is 0 Å². The number of ether oxygens (including phenoxy) is 1. The molecule has 1 heterocycles. The van der Waals surface area contributed by atoms with Gasteiger partial charge in [0.15, 0.2) is 0 Å². The Kier molecular flexibility index (Phi) is 3.91. The highest BCUT2D eigenvalue weighted by molar-refractivity contribution is 5.60. The van der Waals surface area contributed by atoms with Crippen molar-refractivity contribution in [1.29, 1.82) is 0 Å². The first-order chi connectivity index (χ1) is 6.25. The fraction of sp³-hybridized carbons (Fsp3) is 0.909. The minimum atomic E-state index is -0.0920. The van der Waals surface area contributed by atoms with Gasteiger partial charge in [-0.1, -0.05) is 20.3 Å². The second kappa shape index (κ2) is 4.75. The molecule has 0 aromatic carbocycles. The molecule has 0 spiro atoms. The predicted molar refractivity (Wildman–Crippen MR) is 52.6 cm³/mol. The van der Waals surface area contributed by atoms with E-state index < -0.39 is 0 Å². The minimum absolute atomic E-state index is 0.0920. The van der Waals surface area contributed by atoms with Crippen LogP contribution in [-0.4, -0.2) is 19.5 Å². The minimum Gasteiger partial charge on any atom is -0.381 e. The van der Waals surface area contributed by atoms with Crippen molar-refractivity contribution >= 4 is 6.29 Å². The van der Waals surface area contributed by atoms with Gasteiger partial charge in [0.25, 0.3) is 0 Å². The summed E-state index contributed by atoms with van der Waals surface area (Å²) in [7, 11) is 0. The molecule has 0 aliphatic carbocycles. The van der Waals surface area contributed by atoms with Crippen molar-refractivity contribution < 1.29 is 9.53 Å². The second-order valence-electron chi connectivity index (χ2n) is 4.13. The lowest BCUT2D eigenvalue weighted by atomic mass is 9.71. The smallest absolute Gasteiger partial charge is 0.126 e. The zero-order valence-corrected chi connectivity index (χ0v) is 8.71. The number of carbonyl (C=O) groups is 1. The molecule has 76 valence electrons. The zero-order chi connectivity index (χ0) is 9.73. The molecule has 1 aliphatic rings. The molecule has 0 aromatic rings. The second-order valence-corrected chi connectivity index (χ2v) is 4.13.